The fraction of sp³-hybridized carbons (Fsp3) is 0.0182. The smallest absolute Gasteiger partial charge is 0.0714 e. The number of rotatable bonds is 7. The highest BCUT2D eigenvalue weighted by Gasteiger charge is 2.46. The van der Waals surface area contributed by atoms with Crippen LogP contribution in [0, 0.1) is 0 Å². The van der Waals surface area contributed by atoms with Crippen LogP contribution in [0.25, 0.3) is 49.7 Å². The van der Waals surface area contributed by atoms with E-state index < -0.39 is 5.41 Å². The van der Waals surface area contributed by atoms with E-state index in [-0.39, 0.29) is 0 Å². The molecule has 268 valence electrons. The lowest BCUT2D eigenvalue weighted by molar-refractivity contribution is 0.767. The van der Waals surface area contributed by atoms with Gasteiger partial charge in [-0.25, -0.2) is 0 Å². The van der Waals surface area contributed by atoms with Crippen molar-refractivity contribution in [1.29, 1.82) is 0 Å². The Hall–Kier alpha value is -7.42. The first-order valence-electron chi connectivity index (χ1n) is 19.7. The quantitative estimate of drug-likeness (QED) is 0.159. The lowest BCUT2D eigenvalue weighted by Gasteiger charge is -2.34. The van der Waals surface area contributed by atoms with Crippen LogP contribution in [0.4, 0.5) is 17.1 Å². The zero-order chi connectivity index (χ0) is 37.8. The van der Waals surface area contributed by atoms with Crippen molar-refractivity contribution in [1.82, 2.24) is 4.57 Å². The molecule has 1 heterocycles. The van der Waals surface area contributed by atoms with Gasteiger partial charge in [0.1, 0.15) is 0 Å². The van der Waals surface area contributed by atoms with Crippen LogP contribution in [0.5, 0.6) is 0 Å². The maximum atomic E-state index is 2.48. The molecule has 0 saturated heterocycles. The van der Waals surface area contributed by atoms with Gasteiger partial charge < -0.3 is 9.47 Å². The van der Waals surface area contributed by atoms with E-state index in [0.29, 0.717) is 0 Å². The van der Waals surface area contributed by atoms with Gasteiger partial charge in [-0.3, -0.25) is 0 Å². The topological polar surface area (TPSA) is 8.17 Å². The second-order valence-electron chi connectivity index (χ2n) is 14.9. The average Bonchev–Trinajstić information content (AvgIpc) is 3.78. The van der Waals surface area contributed by atoms with Gasteiger partial charge in [0.25, 0.3) is 0 Å². The summed E-state index contributed by atoms with van der Waals surface area (Å²) in [4.78, 5) is 2.36. The van der Waals surface area contributed by atoms with E-state index in [4.69, 9.17) is 0 Å². The third kappa shape index (κ3) is 5.11. The molecule has 0 fully saturated rings. The fourth-order valence-corrected chi connectivity index (χ4v) is 9.48. The molecular formula is C55H38N2. The molecule has 1 aromatic heterocycles. The minimum Gasteiger partial charge on any atom is -0.310 e. The third-order valence-corrected chi connectivity index (χ3v) is 11.9. The second-order valence-corrected chi connectivity index (χ2v) is 14.9. The number of aromatic nitrogens is 1. The minimum atomic E-state index is -0.481. The van der Waals surface area contributed by atoms with Crippen molar-refractivity contribution in [2.24, 2.45) is 0 Å². The van der Waals surface area contributed by atoms with Crippen LogP contribution >= 0.6 is 0 Å². The molecule has 0 aliphatic heterocycles. The van der Waals surface area contributed by atoms with Crippen molar-refractivity contribution < 1.29 is 0 Å². The van der Waals surface area contributed by atoms with Gasteiger partial charge in [0.15, 0.2) is 0 Å². The van der Waals surface area contributed by atoms with Gasteiger partial charge in [0.05, 0.1) is 22.1 Å². The molecule has 2 heteroatoms. The zero-order valence-corrected chi connectivity index (χ0v) is 31.3. The van der Waals surface area contributed by atoms with Crippen LogP contribution in [0.3, 0.4) is 0 Å². The van der Waals surface area contributed by atoms with E-state index in [1.807, 2.05) is 0 Å². The van der Waals surface area contributed by atoms with Crippen molar-refractivity contribution in [3.8, 4) is 27.9 Å². The Balaban J connectivity index is 1.16. The summed E-state index contributed by atoms with van der Waals surface area (Å²) >= 11 is 0. The molecule has 0 bridgehead atoms. The maximum Gasteiger partial charge on any atom is 0.0714 e. The first-order valence-corrected chi connectivity index (χ1v) is 19.7. The monoisotopic (exact) mass is 726 g/mol. The molecule has 11 rings (SSSR count). The maximum absolute atomic E-state index is 2.48. The van der Waals surface area contributed by atoms with Crippen molar-refractivity contribution in [3.63, 3.8) is 0 Å². The predicted molar refractivity (Wildman–Crippen MR) is 238 cm³/mol. The Morgan fingerprint density at radius 3 is 1.56 bits per heavy atom. The molecule has 0 atom stereocenters. The van der Waals surface area contributed by atoms with E-state index in [9.17, 15) is 0 Å². The van der Waals surface area contributed by atoms with Gasteiger partial charge >= 0.3 is 0 Å². The number of para-hydroxylation sites is 4. The molecule has 1 aliphatic carbocycles. The number of hydrogen-bond donors (Lipinski definition) is 0. The molecule has 0 radical (unpaired) electrons. The van der Waals surface area contributed by atoms with Gasteiger partial charge in [-0.05, 0) is 93.5 Å². The Morgan fingerprint density at radius 1 is 0.351 bits per heavy atom. The molecule has 0 spiro atoms. The average molecular weight is 727 g/mol. The predicted octanol–water partition coefficient (Wildman–Crippen LogP) is 14.3. The summed E-state index contributed by atoms with van der Waals surface area (Å²) in [5.41, 5.74) is 16.4. The van der Waals surface area contributed by atoms with Gasteiger partial charge in [0, 0.05) is 33.4 Å². The number of benzene rings is 9. The van der Waals surface area contributed by atoms with Crippen molar-refractivity contribution in [2.75, 3.05) is 4.90 Å². The van der Waals surface area contributed by atoms with Gasteiger partial charge in [0.2, 0.25) is 0 Å². The van der Waals surface area contributed by atoms with Crippen molar-refractivity contribution in [3.05, 3.63) is 253 Å². The molecule has 0 saturated carbocycles. The van der Waals surface area contributed by atoms with E-state index in [0.717, 1.165) is 28.3 Å². The highest BCUT2D eigenvalue weighted by atomic mass is 15.1. The first kappa shape index (κ1) is 33.0. The van der Waals surface area contributed by atoms with E-state index >= 15 is 0 Å². The van der Waals surface area contributed by atoms with Crippen LogP contribution in [0.2, 0.25) is 0 Å². The highest BCUT2D eigenvalue weighted by Crippen LogP contribution is 2.56. The molecule has 1 aliphatic rings. The third-order valence-electron chi connectivity index (χ3n) is 11.9. The summed E-state index contributed by atoms with van der Waals surface area (Å²) in [5, 5.41) is 2.47. The Labute approximate surface area is 333 Å². The summed E-state index contributed by atoms with van der Waals surface area (Å²) in [6.07, 6.45) is 0. The van der Waals surface area contributed by atoms with Gasteiger partial charge in [-0.1, -0.05) is 176 Å². The molecular weight excluding hydrogens is 689 g/mol. The van der Waals surface area contributed by atoms with Crippen molar-refractivity contribution >= 4 is 38.9 Å². The number of hydrogen-bond acceptors (Lipinski definition) is 1. The van der Waals surface area contributed by atoms with Gasteiger partial charge in [-0.15, -0.1) is 0 Å². The van der Waals surface area contributed by atoms with Crippen LogP contribution in [-0.2, 0) is 5.41 Å². The summed E-state index contributed by atoms with van der Waals surface area (Å²) in [6, 6.07) is 84.2. The summed E-state index contributed by atoms with van der Waals surface area (Å²) in [7, 11) is 0. The largest absolute Gasteiger partial charge is 0.310 e. The molecule has 0 amide bonds. The van der Waals surface area contributed by atoms with E-state index in [1.54, 1.807) is 0 Å². The van der Waals surface area contributed by atoms with Gasteiger partial charge in [-0.2, -0.15) is 0 Å². The Morgan fingerprint density at radius 2 is 0.877 bits per heavy atom. The molecule has 2 nitrogen and oxygen atoms in total. The van der Waals surface area contributed by atoms with E-state index in [2.05, 4.69) is 240 Å². The number of fused-ring (bicyclic) bond motifs is 6. The number of nitrogens with zero attached hydrogens (tertiary/aromatic N) is 2. The molecule has 10 aromatic rings. The standard InChI is InChI=1S/C55H38N2/c1-5-19-40(20-6-1)55(41-21-7-2-8-22-41)50-30-16-13-28-46(50)47-36-34-44(38-51(47)55)57-53-32-18-15-29-48(53)49-35-33-39(37-54(49)57)45-27-14-17-31-52(45)56(42-23-9-3-10-24-42)43-25-11-4-12-26-43/h1-38H. The van der Waals surface area contributed by atoms with Crippen LogP contribution in [-0.4, -0.2) is 4.57 Å². The van der Waals surface area contributed by atoms with Crippen LogP contribution in [0.1, 0.15) is 22.3 Å². The SMILES string of the molecule is c1ccc(N(c2ccccc2)c2ccccc2-c2ccc3c4ccccc4n(-c4ccc5c(c4)C(c4ccccc4)(c4ccccc4)c4ccccc4-5)c3c2)cc1. The normalized spacial score (nSPS) is 12.7. The summed E-state index contributed by atoms with van der Waals surface area (Å²) < 4.78 is 2.48. The molecule has 9 aromatic carbocycles. The minimum absolute atomic E-state index is 0.481. The second kappa shape index (κ2) is 13.4. The molecule has 57 heavy (non-hydrogen) atoms. The van der Waals surface area contributed by atoms with Crippen LogP contribution < -0.4 is 4.90 Å². The lowest BCUT2D eigenvalue weighted by Crippen LogP contribution is -2.28. The van der Waals surface area contributed by atoms with Crippen LogP contribution in [0.15, 0.2) is 231 Å². The summed E-state index contributed by atoms with van der Waals surface area (Å²) in [5.74, 6) is 0. The Bertz CT molecular complexity index is 2980. The highest BCUT2D eigenvalue weighted by molar-refractivity contribution is 6.10. The molecule has 0 N–H and O–H groups in total. The first-order chi connectivity index (χ1) is 28.3. The fourth-order valence-electron chi connectivity index (χ4n) is 9.48. The van der Waals surface area contributed by atoms with Crippen molar-refractivity contribution in [2.45, 2.75) is 5.41 Å². The lowest BCUT2D eigenvalue weighted by atomic mass is 9.67. The van der Waals surface area contributed by atoms with E-state index in [1.165, 1.54) is 60.8 Å². The zero-order valence-electron chi connectivity index (χ0n) is 31.3. The Kier molecular flexibility index (Phi) is 7.75. The summed E-state index contributed by atoms with van der Waals surface area (Å²) in [6.45, 7) is 0. The number of anilines is 3. The molecule has 0 unspecified atom stereocenters.